The van der Waals surface area contributed by atoms with Crippen LogP contribution in [0.25, 0.3) is 21.8 Å². The van der Waals surface area contributed by atoms with E-state index in [0.717, 1.165) is 79.6 Å². The van der Waals surface area contributed by atoms with Gasteiger partial charge in [0, 0.05) is 68.0 Å². The van der Waals surface area contributed by atoms with Crippen LogP contribution in [0.15, 0.2) is 30.5 Å². The molecule has 0 radical (unpaired) electrons. The van der Waals surface area contributed by atoms with Gasteiger partial charge < -0.3 is 30.1 Å². The fraction of sp³-hybridized carbons (Fsp3) is 0.625. The second-order valence-electron chi connectivity index (χ2n) is 15.7. The number of nitrogens with zero attached hydrogens (tertiary/aromatic N) is 7. The van der Waals surface area contributed by atoms with Gasteiger partial charge in [0.15, 0.2) is 5.82 Å². The minimum atomic E-state index is -0.349. The van der Waals surface area contributed by atoms with Gasteiger partial charge in [-0.05, 0) is 115 Å². The van der Waals surface area contributed by atoms with Crippen LogP contribution >= 0.6 is 23.3 Å². The number of halogens is 1. The van der Waals surface area contributed by atoms with Crippen molar-refractivity contribution in [2.75, 3.05) is 82.2 Å². The smallest absolute Gasteiger partial charge is 0.225 e. The number of nitrogen functional groups attached to an aromatic ring is 1. The molecular weight excluding hydrogens is 722 g/mol. The number of carbonyl (C=O) groups is 2. The Morgan fingerprint density at radius 1 is 0.889 bits per heavy atom. The van der Waals surface area contributed by atoms with E-state index >= 15 is 4.39 Å². The summed E-state index contributed by atoms with van der Waals surface area (Å²) in [4.78, 5) is 50.7. The number of aromatic nitrogens is 3. The Kier molecular flexibility index (Phi) is 13.0. The maximum absolute atomic E-state index is 16.0. The molecule has 4 fully saturated rings. The molecular formula is C40H56FN9O2S2. The number of likely N-dealkylation sites (tertiary alicyclic amines) is 4. The summed E-state index contributed by atoms with van der Waals surface area (Å²) in [7, 11) is 2.21. The maximum Gasteiger partial charge on any atom is 0.225 e. The van der Waals surface area contributed by atoms with Gasteiger partial charge in [0.25, 0.3) is 0 Å². The number of nitrogens with one attached hydrogen (secondary N) is 1. The monoisotopic (exact) mass is 777 g/mol. The van der Waals surface area contributed by atoms with Crippen LogP contribution in [0.2, 0.25) is 0 Å². The maximum atomic E-state index is 16.0. The van der Waals surface area contributed by atoms with Crippen LogP contribution in [0.4, 0.5) is 16.0 Å². The first-order chi connectivity index (χ1) is 26.3. The predicted molar refractivity (Wildman–Crippen MR) is 217 cm³/mol. The van der Waals surface area contributed by atoms with Gasteiger partial charge in [-0.1, -0.05) is 24.9 Å². The van der Waals surface area contributed by atoms with Gasteiger partial charge in [0.05, 0.1) is 27.0 Å². The molecule has 2 aromatic heterocycles. The van der Waals surface area contributed by atoms with Gasteiger partial charge in [0.1, 0.15) is 0 Å². The number of benzene rings is 1. The highest BCUT2D eigenvalue weighted by Crippen LogP contribution is 2.43. The highest BCUT2D eigenvalue weighted by molar-refractivity contribution is 8.00. The normalized spacial score (nSPS) is 20.4. The number of rotatable bonds is 11. The molecule has 0 aliphatic carbocycles. The molecule has 3 N–H and O–H groups in total. The van der Waals surface area contributed by atoms with Gasteiger partial charge in [-0.3, -0.25) is 9.59 Å². The van der Waals surface area contributed by atoms with E-state index in [1.54, 1.807) is 24.4 Å². The van der Waals surface area contributed by atoms with Crippen LogP contribution in [0.3, 0.4) is 0 Å². The number of hydrogen-bond donors (Lipinski definition) is 2. The molecule has 0 atom stereocenters. The number of thiazole rings is 1. The minimum absolute atomic E-state index is 0.0392. The van der Waals surface area contributed by atoms with Crippen LogP contribution < -0.4 is 10.5 Å². The minimum Gasteiger partial charge on any atom is -0.368 e. The van der Waals surface area contributed by atoms with E-state index in [0.29, 0.717) is 54.7 Å². The van der Waals surface area contributed by atoms with Crippen LogP contribution in [-0.2, 0) is 9.59 Å². The van der Waals surface area contributed by atoms with Crippen LogP contribution in [0, 0.1) is 23.6 Å². The largest absolute Gasteiger partial charge is 0.368 e. The summed E-state index contributed by atoms with van der Waals surface area (Å²) >= 11 is 3.01. The first-order valence-electron chi connectivity index (χ1n) is 20.0. The first kappa shape index (κ1) is 38.9. The lowest BCUT2D eigenvalue weighted by molar-refractivity contribution is -0.144. The van der Waals surface area contributed by atoms with Crippen molar-refractivity contribution in [2.24, 2.45) is 17.8 Å². The molecule has 14 heteroatoms. The number of carbonyl (C=O) groups excluding carboxylic acids is 2. The third kappa shape index (κ3) is 9.20. The number of nitrogens with two attached hydrogens (primary N) is 1. The number of piperidine rings is 4. The van der Waals surface area contributed by atoms with Crippen molar-refractivity contribution in [3.63, 3.8) is 0 Å². The van der Waals surface area contributed by atoms with Crippen molar-refractivity contribution in [3.05, 3.63) is 41.3 Å². The fourth-order valence-corrected chi connectivity index (χ4v) is 10.4. The Balaban J connectivity index is 0.925. The van der Waals surface area contributed by atoms with Gasteiger partial charge in [-0.15, -0.1) is 11.3 Å². The summed E-state index contributed by atoms with van der Waals surface area (Å²) < 4.78 is 19.1. The lowest BCUT2D eigenvalue weighted by Crippen LogP contribution is -2.49. The molecule has 6 heterocycles. The highest BCUT2D eigenvalue weighted by atomic mass is 32.2. The van der Waals surface area contributed by atoms with Gasteiger partial charge in [-0.2, -0.15) is 0 Å². The van der Waals surface area contributed by atoms with Gasteiger partial charge in [0.2, 0.25) is 17.8 Å². The molecule has 54 heavy (non-hydrogen) atoms. The summed E-state index contributed by atoms with van der Waals surface area (Å²) in [6.07, 6.45) is 10.1. The molecule has 1 aromatic carbocycles. The predicted octanol–water partition coefficient (Wildman–Crippen LogP) is 6.46. The van der Waals surface area contributed by atoms with E-state index in [4.69, 9.17) is 10.7 Å². The number of amides is 2. The Morgan fingerprint density at radius 2 is 1.54 bits per heavy atom. The third-order valence-corrected chi connectivity index (χ3v) is 14.1. The Hall–Kier alpha value is -3.33. The second kappa shape index (κ2) is 18.1. The molecule has 0 unspecified atom stereocenters. The topological polar surface area (TPSA) is 124 Å². The van der Waals surface area contributed by atoms with Crippen LogP contribution in [-0.4, -0.2) is 118 Å². The van der Waals surface area contributed by atoms with Crippen molar-refractivity contribution in [1.82, 2.24) is 34.6 Å². The van der Waals surface area contributed by atoms with E-state index in [2.05, 4.69) is 38.5 Å². The lowest BCUT2D eigenvalue weighted by atomic mass is 9.89. The summed E-state index contributed by atoms with van der Waals surface area (Å²) in [5.74, 6) is 2.20. The highest BCUT2D eigenvalue weighted by Gasteiger charge is 2.36. The Bertz CT molecular complexity index is 1730. The van der Waals surface area contributed by atoms with E-state index < -0.39 is 0 Å². The molecule has 2 amide bonds. The third-order valence-electron chi connectivity index (χ3n) is 11.9. The molecule has 0 saturated carbocycles. The summed E-state index contributed by atoms with van der Waals surface area (Å²) in [5, 5.41) is 0.918. The standard InChI is InChI=1S/C40H56FN9O2S2/c1-3-25-53-46-32-6-4-5-31(34(32)41)35-36(33-7-16-43-40(42)44-33)54-37(45-35)28-12-21-49(22-13-28)39(52)30-14-23-50(24-15-30)38(51)29-10-19-48(20-11-29)26-27-8-17-47(2)18-9-27/h4-7,16,27-30,46H,3,8-15,17-26H2,1-2H3,(H2,42,43,44). The van der Waals surface area contributed by atoms with Crippen LogP contribution in [0.1, 0.15) is 75.6 Å². The van der Waals surface area contributed by atoms with Gasteiger partial charge in [-0.25, -0.2) is 19.3 Å². The van der Waals surface area contributed by atoms with Crippen molar-refractivity contribution in [3.8, 4) is 21.8 Å². The second-order valence-corrected chi connectivity index (χ2v) is 17.6. The van der Waals surface area contributed by atoms with E-state index in [9.17, 15) is 9.59 Å². The molecule has 292 valence electrons. The fourth-order valence-electron chi connectivity index (χ4n) is 8.57. The van der Waals surface area contributed by atoms with Crippen molar-refractivity contribution < 1.29 is 14.0 Å². The average Bonchev–Trinajstić information content (AvgIpc) is 3.65. The zero-order chi connectivity index (χ0) is 37.6. The molecule has 3 aromatic rings. The SMILES string of the molecule is CCCSNc1cccc(-c2nc(C3CCN(C(=O)C4CCN(C(=O)C5CCN(CC6CCN(C)CC6)CC5)CC4)CC3)sc2-c2ccnc(N)n2)c1F. The van der Waals surface area contributed by atoms with E-state index in [1.165, 1.54) is 55.8 Å². The Morgan fingerprint density at radius 3 is 2.19 bits per heavy atom. The summed E-state index contributed by atoms with van der Waals surface area (Å²) in [5.41, 5.74) is 7.97. The number of hydrogen-bond acceptors (Lipinski definition) is 11. The summed E-state index contributed by atoms with van der Waals surface area (Å²) in [6, 6.07) is 7.14. The summed E-state index contributed by atoms with van der Waals surface area (Å²) in [6.45, 7) is 10.4. The molecule has 0 spiro atoms. The molecule has 11 nitrogen and oxygen atoms in total. The number of anilines is 2. The van der Waals surface area contributed by atoms with E-state index in [1.807, 2.05) is 15.9 Å². The zero-order valence-electron chi connectivity index (χ0n) is 31.8. The average molecular weight is 778 g/mol. The zero-order valence-corrected chi connectivity index (χ0v) is 33.5. The molecule has 0 bridgehead atoms. The van der Waals surface area contributed by atoms with Crippen LogP contribution in [0.5, 0.6) is 0 Å². The van der Waals surface area contributed by atoms with Crippen molar-refractivity contribution in [1.29, 1.82) is 0 Å². The molecule has 4 aliphatic heterocycles. The molecule has 4 aliphatic rings. The molecule has 7 rings (SSSR count). The molecule has 4 saturated heterocycles. The quantitative estimate of drug-likeness (QED) is 0.166. The van der Waals surface area contributed by atoms with Crippen molar-refractivity contribution >= 4 is 46.7 Å². The van der Waals surface area contributed by atoms with Crippen molar-refractivity contribution in [2.45, 2.75) is 70.6 Å². The van der Waals surface area contributed by atoms with E-state index in [-0.39, 0.29) is 35.4 Å². The lowest BCUT2D eigenvalue weighted by Gasteiger charge is -2.40. The Labute approximate surface area is 327 Å². The van der Waals surface area contributed by atoms with Gasteiger partial charge >= 0.3 is 0 Å². The first-order valence-corrected chi connectivity index (χ1v) is 21.8.